The molecule has 0 heterocycles. The van der Waals surface area contributed by atoms with Crippen molar-refractivity contribution in [1.29, 1.82) is 0 Å². The summed E-state index contributed by atoms with van der Waals surface area (Å²) in [4.78, 5) is 10.8. The molecule has 3 nitrogen and oxygen atoms in total. The first-order valence-electron chi connectivity index (χ1n) is 6.53. The Morgan fingerprint density at radius 3 is 2.39 bits per heavy atom. The van der Waals surface area contributed by atoms with Crippen molar-refractivity contribution < 1.29 is 4.92 Å². The van der Waals surface area contributed by atoms with E-state index in [0.29, 0.717) is 0 Å². The molecule has 1 unspecified atom stereocenters. The Morgan fingerprint density at radius 1 is 1.22 bits per heavy atom. The van der Waals surface area contributed by atoms with E-state index in [-0.39, 0.29) is 21.4 Å². The Balaban J connectivity index is 2.52. The highest BCUT2D eigenvalue weighted by atomic mass is 16.6. The minimum Gasteiger partial charge on any atom is -0.258 e. The van der Waals surface area contributed by atoms with Gasteiger partial charge in [-0.05, 0) is 36.2 Å². The lowest BCUT2D eigenvalue weighted by Gasteiger charge is -2.39. The van der Waals surface area contributed by atoms with Crippen LogP contribution in [0, 0.1) is 22.5 Å². The van der Waals surface area contributed by atoms with Crippen molar-refractivity contribution in [3.8, 4) is 0 Å². The predicted octanol–water partition coefficient (Wildman–Crippen LogP) is 4.37. The minimum absolute atomic E-state index is 0.0471. The standard InChI is InChI=1S/C15H21NO2/c1-11-6-7-12(10-13(11)16(17)18)15(4)9-5-8-14(15,2)3/h6-7,10H,5,8-9H2,1-4H3. The number of nitro benzene ring substituents is 1. The zero-order valence-electron chi connectivity index (χ0n) is 11.6. The SMILES string of the molecule is Cc1ccc(C2(C)CCCC2(C)C)cc1[N+](=O)[O-]. The average Bonchev–Trinajstić information content (AvgIpc) is 2.54. The van der Waals surface area contributed by atoms with Gasteiger partial charge in [-0.2, -0.15) is 0 Å². The number of benzene rings is 1. The minimum atomic E-state index is -0.274. The molecule has 0 aromatic heterocycles. The predicted molar refractivity (Wildman–Crippen MR) is 72.8 cm³/mol. The van der Waals surface area contributed by atoms with Gasteiger partial charge in [0.1, 0.15) is 0 Å². The molecule has 1 saturated carbocycles. The van der Waals surface area contributed by atoms with Crippen LogP contribution in [0.3, 0.4) is 0 Å². The van der Waals surface area contributed by atoms with Crippen LogP contribution in [0.1, 0.15) is 51.2 Å². The third kappa shape index (κ3) is 1.82. The van der Waals surface area contributed by atoms with Crippen molar-refractivity contribution in [3.63, 3.8) is 0 Å². The van der Waals surface area contributed by atoms with E-state index in [1.807, 2.05) is 6.07 Å². The van der Waals surface area contributed by atoms with Gasteiger partial charge >= 0.3 is 0 Å². The summed E-state index contributed by atoms with van der Waals surface area (Å²) in [6.45, 7) is 8.58. The molecule has 0 aliphatic heterocycles. The Morgan fingerprint density at radius 2 is 1.89 bits per heavy atom. The molecule has 0 amide bonds. The average molecular weight is 247 g/mol. The first-order chi connectivity index (χ1) is 8.28. The molecule has 98 valence electrons. The van der Waals surface area contributed by atoms with Crippen LogP contribution in [0.2, 0.25) is 0 Å². The largest absolute Gasteiger partial charge is 0.272 e. The zero-order chi connectivity index (χ0) is 13.6. The molecule has 1 fully saturated rings. The quantitative estimate of drug-likeness (QED) is 0.575. The second-order valence-corrected chi connectivity index (χ2v) is 6.33. The molecule has 1 aliphatic rings. The van der Waals surface area contributed by atoms with Crippen LogP contribution in [0.25, 0.3) is 0 Å². The summed E-state index contributed by atoms with van der Waals surface area (Å²) in [5.74, 6) is 0. The van der Waals surface area contributed by atoms with E-state index in [0.717, 1.165) is 17.5 Å². The number of aryl methyl sites for hydroxylation is 1. The maximum Gasteiger partial charge on any atom is 0.272 e. The number of nitrogens with zero attached hydrogens (tertiary/aromatic N) is 1. The van der Waals surface area contributed by atoms with E-state index in [2.05, 4.69) is 26.8 Å². The van der Waals surface area contributed by atoms with Crippen LogP contribution in [-0.2, 0) is 5.41 Å². The van der Waals surface area contributed by atoms with Gasteiger partial charge in [-0.25, -0.2) is 0 Å². The van der Waals surface area contributed by atoms with Gasteiger partial charge in [0.05, 0.1) is 4.92 Å². The normalized spacial score (nSPS) is 26.2. The summed E-state index contributed by atoms with van der Waals surface area (Å²) in [7, 11) is 0. The first-order valence-corrected chi connectivity index (χ1v) is 6.53. The molecular formula is C15H21NO2. The van der Waals surface area contributed by atoms with E-state index in [9.17, 15) is 10.1 Å². The van der Waals surface area contributed by atoms with E-state index in [4.69, 9.17) is 0 Å². The van der Waals surface area contributed by atoms with Gasteiger partial charge in [0.25, 0.3) is 5.69 Å². The zero-order valence-corrected chi connectivity index (χ0v) is 11.6. The van der Waals surface area contributed by atoms with Crippen molar-refractivity contribution in [2.75, 3.05) is 0 Å². The molecule has 1 atom stereocenters. The number of nitro groups is 1. The highest BCUT2D eigenvalue weighted by Gasteiger charge is 2.46. The van der Waals surface area contributed by atoms with Crippen molar-refractivity contribution in [3.05, 3.63) is 39.4 Å². The lowest BCUT2D eigenvalue weighted by atomic mass is 9.65. The maximum atomic E-state index is 11.1. The van der Waals surface area contributed by atoms with E-state index in [1.54, 1.807) is 13.0 Å². The monoisotopic (exact) mass is 247 g/mol. The summed E-state index contributed by atoms with van der Waals surface area (Å²) in [6.07, 6.45) is 3.50. The van der Waals surface area contributed by atoms with Crippen LogP contribution in [0.4, 0.5) is 5.69 Å². The van der Waals surface area contributed by atoms with Crippen LogP contribution in [0.15, 0.2) is 18.2 Å². The lowest BCUT2D eigenvalue weighted by Crippen LogP contribution is -2.34. The maximum absolute atomic E-state index is 11.1. The van der Waals surface area contributed by atoms with E-state index in [1.165, 1.54) is 12.8 Å². The number of rotatable bonds is 2. The lowest BCUT2D eigenvalue weighted by molar-refractivity contribution is -0.385. The summed E-state index contributed by atoms with van der Waals surface area (Å²) >= 11 is 0. The summed E-state index contributed by atoms with van der Waals surface area (Å²) in [6, 6.07) is 5.73. The van der Waals surface area contributed by atoms with Gasteiger partial charge in [-0.1, -0.05) is 39.3 Å². The molecule has 0 spiro atoms. The molecule has 0 saturated heterocycles. The van der Waals surface area contributed by atoms with Gasteiger partial charge in [0.2, 0.25) is 0 Å². The third-order valence-corrected chi connectivity index (χ3v) is 5.02. The van der Waals surface area contributed by atoms with Gasteiger partial charge in [0.15, 0.2) is 0 Å². The molecule has 0 N–H and O–H groups in total. The van der Waals surface area contributed by atoms with E-state index < -0.39 is 0 Å². The second kappa shape index (κ2) is 4.08. The van der Waals surface area contributed by atoms with Crippen molar-refractivity contribution >= 4 is 5.69 Å². The topological polar surface area (TPSA) is 43.1 Å². The van der Waals surface area contributed by atoms with Crippen molar-refractivity contribution in [2.24, 2.45) is 5.41 Å². The molecular weight excluding hydrogens is 226 g/mol. The molecule has 0 bridgehead atoms. The smallest absolute Gasteiger partial charge is 0.258 e. The van der Waals surface area contributed by atoms with Crippen LogP contribution in [-0.4, -0.2) is 4.92 Å². The Hall–Kier alpha value is -1.38. The highest BCUT2D eigenvalue weighted by molar-refractivity contribution is 5.45. The van der Waals surface area contributed by atoms with Gasteiger partial charge in [-0.15, -0.1) is 0 Å². The summed E-state index contributed by atoms with van der Waals surface area (Å²) in [5.41, 5.74) is 2.35. The summed E-state index contributed by atoms with van der Waals surface area (Å²) in [5, 5.41) is 11.1. The number of hydrogen-bond donors (Lipinski definition) is 0. The molecule has 1 aromatic carbocycles. The highest BCUT2D eigenvalue weighted by Crippen LogP contribution is 2.54. The summed E-state index contributed by atoms with van der Waals surface area (Å²) < 4.78 is 0. The fourth-order valence-corrected chi connectivity index (χ4v) is 3.18. The van der Waals surface area contributed by atoms with E-state index >= 15 is 0 Å². The first kappa shape index (κ1) is 13.1. The third-order valence-electron chi connectivity index (χ3n) is 5.02. The molecule has 3 heteroatoms. The molecule has 18 heavy (non-hydrogen) atoms. The fraction of sp³-hybridized carbons (Fsp3) is 0.600. The Bertz CT molecular complexity index is 493. The molecule has 0 radical (unpaired) electrons. The molecule has 1 aromatic rings. The van der Waals surface area contributed by atoms with Gasteiger partial charge in [-0.3, -0.25) is 10.1 Å². The van der Waals surface area contributed by atoms with Crippen molar-refractivity contribution in [2.45, 2.75) is 52.4 Å². The van der Waals surface area contributed by atoms with Gasteiger partial charge < -0.3 is 0 Å². The fourth-order valence-electron chi connectivity index (χ4n) is 3.18. The Kier molecular flexibility index (Phi) is 2.96. The van der Waals surface area contributed by atoms with Gasteiger partial charge in [0, 0.05) is 11.6 Å². The Labute approximate surface area is 108 Å². The van der Waals surface area contributed by atoms with Crippen molar-refractivity contribution in [1.82, 2.24) is 0 Å². The van der Waals surface area contributed by atoms with Crippen LogP contribution >= 0.6 is 0 Å². The molecule has 1 aliphatic carbocycles. The van der Waals surface area contributed by atoms with Crippen LogP contribution < -0.4 is 0 Å². The van der Waals surface area contributed by atoms with Crippen LogP contribution in [0.5, 0.6) is 0 Å². The molecule has 2 rings (SSSR count). The second-order valence-electron chi connectivity index (χ2n) is 6.33. The number of hydrogen-bond acceptors (Lipinski definition) is 2.